The molecule has 3 nitrogen and oxygen atoms in total. The molecule has 0 unspecified atom stereocenters. The van der Waals surface area contributed by atoms with Crippen LogP contribution in [-0.4, -0.2) is 14.5 Å². The van der Waals surface area contributed by atoms with Gasteiger partial charge in [0.05, 0.1) is 22.4 Å². The lowest BCUT2D eigenvalue weighted by atomic mass is 9.91. The molecule has 48 heavy (non-hydrogen) atoms. The molecule has 0 N–H and O–H groups in total. The summed E-state index contributed by atoms with van der Waals surface area (Å²) in [6.07, 6.45) is 0. The first-order chi connectivity index (χ1) is 23.8. The smallest absolute Gasteiger partial charge is 0.235 e. The van der Waals surface area contributed by atoms with Gasteiger partial charge in [-0.05, 0) is 51.7 Å². The summed E-state index contributed by atoms with van der Waals surface area (Å²) in [5, 5.41) is 7.67. The fourth-order valence-electron chi connectivity index (χ4n) is 7.93. The van der Waals surface area contributed by atoms with Gasteiger partial charge in [0.25, 0.3) is 0 Å². The largest absolute Gasteiger partial charge is 0.278 e. The maximum Gasteiger partial charge on any atom is 0.235 e. The van der Waals surface area contributed by atoms with Gasteiger partial charge in [0.2, 0.25) is 5.95 Å². The molecule has 11 rings (SSSR count). The molecule has 1 aliphatic carbocycles. The van der Waals surface area contributed by atoms with E-state index >= 15 is 0 Å². The third-order valence-corrected chi connectivity index (χ3v) is 11.1. The first-order valence-electron chi connectivity index (χ1n) is 16.3. The fraction of sp³-hybridized carbons (Fsp3) is 0. The molecule has 10 aromatic rings. The van der Waals surface area contributed by atoms with Crippen molar-refractivity contribution in [1.29, 1.82) is 0 Å². The Morgan fingerprint density at radius 2 is 1.10 bits per heavy atom. The summed E-state index contributed by atoms with van der Waals surface area (Å²) in [7, 11) is 0. The van der Waals surface area contributed by atoms with Crippen LogP contribution >= 0.6 is 11.3 Å². The first-order valence-corrected chi connectivity index (χ1v) is 17.1. The minimum Gasteiger partial charge on any atom is -0.278 e. The van der Waals surface area contributed by atoms with Gasteiger partial charge < -0.3 is 0 Å². The zero-order valence-corrected chi connectivity index (χ0v) is 26.5. The summed E-state index contributed by atoms with van der Waals surface area (Å²) in [5.41, 5.74) is 11.3. The Hall–Kier alpha value is -6.10. The Morgan fingerprint density at radius 3 is 1.88 bits per heavy atom. The standard InChI is InChI=1S/C44H25N3S/c1-3-12-26(13-4-1)33-24-34(27-14-5-2-6-15-27)46-44(45-33)47-35-23-22-28-16-11-20-30-29-17-7-8-18-31(29)41-40-32-19-9-10-21-37(32)48-38(40)25-36(47)43(41)42(35)39(28)30/h1-25H. The second-order valence-corrected chi connectivity index (χ2v) is 13.6. The maximum absolute atomic E-state index is 5.34. The van der Waals surface area contributed by atoms with Crippen molar-refractivity contribution in [1.82, 2.24) is 14.5 Å². The van der Waals surface area contributed by atoms with E-state index in [1.807, 2.05) is 23.5 Å². The normalized spacial score (nSPS) is 12.2. The summed E-state index contributed by atoms with van der Waals surface area (Å²) in [5.74, 6) is 0.673. The lowest BCUT2D eigenvalue weighted by Crippen LogP contribution is -2.04. The molecule has 0 amide bonds. The molecule has 0 saturated heterocycles. The Bertz CT molecular complexity index is 2880. The van der Waals surface area contributed by atoms with Crippen LogP contribution < -0.4 is 0 Å². The van der Waals surface area contributed by atoms with E-state index in [1.54, 1.807) is 0 Å². The fourth-order valence-corrected chi connectivity index (χ4v) is 9.08. The second-order valence-electron chi connectivity index (χ2n) is 12.5. The number of hydrogen-bond donors (Lipinski definition) is 0. The van der Waals surface area contributed by atoms with E-state index in [0.29, 0.717) is 5.95 Å². The average molecular weight is 628 g/mol. The van der Waals surface area contributed by atoms with Crippen LogP contribution in [0.5, 0.6) is 0 Å². The van der Waals surface area contributed by atoms with Gasteiger partial charge in [-0.15, -0.1) is 11.3 Å². The van der Waals surface area contributed by atoms with Gasteiger partial charge in [-0.2, -0.15) is 0 Å². The van der Waals surface area contributed by atoms with Crippen LogP contribution in [-0.2, 0) is 0 Å². The predicted molar refractivity (Wildman–Crippen MR) is 202 cm³/mol. The minimum absolute atomic E-state index is 0.673. The molecule has 222 valence electrons. The number of benzene rings is 7. The highest BCUT2D eigenvalue weighted by atomic mass is 32.1. The quantitative estimate of drug-likeness (QED) is 0.195. The Balaban J connectivity index is 1.38. The van der Waals surface area contributed by atoms with Gasteiger partial charge in [-0.1, -0.05) is 127 Å². The number of hydrogen-bond acceptors (Lipinski definition) is 3. The molecule has 0 aliphatic heterocycles. The van der Waals surface area contributed by atoms with Crippen molar-refractivity contribution in [3.63, 3.8) is 0 Å². The number of fused-ring (bicyclic) bond motifs is 7. The summed E-state index contributed by atoms with van der Waals surface area (Å²) in [6, 6.07) is 54.4. The number of aromatic nitrogens is 3. The molecule has 1 aliphatic rings. The van der Waals surface area contributed by atoms with E-state index in [-0.39, 0.29) is 0 Å². The first kappa shape index (κ1) is 26.0. The zero-order chi connectivity index (χ0) is 31.3. The van der Waals surface area contributed by atoms with E-state index in [1.165, 1.54) is 64.0 Å². The molecule has 7 aromatic carbocycles. The van der Waals surface area contributed by atoms with Gasteiger partial charge >= 0.3 is 0 Å². The minimum atomic E-state index is 0.673. The Kier molecular flexibility index (Phi) is 5.26. The van der Waals surface area contributed by atoms with E-state index < -0.39 is 0 Å². The molecule has 0 saturated carbocycles. The molecule has 3 heterocycles. The van der Waals surface area contributed by atoms with Gasteiger partial charge in [0.1, 0.15) is 0 Å². The summed E-state index contributed by atoms with van der Waals surface area (Å²) in [4.78, 5) is 10.7. The highest BCUT2D eigenvalue weighted by molar-refractivity contribution is 7.26. The summed E-state index contributed by atoms with van der Waals surface area (Å²) < 4.78 is 4.88. The lowest BCUT2D eigenvalue weighted by molar-refractivity contribution is 0.996. The van der Waals surface area contributed by atoms with Gasteiger partial charge in [0, 0.05) is 47.6 Å². The van der Waals surface area contributed by atoms with Crippen LogP contribution in [0.1, 0.15) is 0 Å². The van der Waals surface area contributed by atoms with E-state index in [4.69, 9.17) is 9.97 Å². The van der Waals surface area contributed by atoms with Crippen molar-refractivity contribution >= 4 is 64.1 Å². The molecule has 0 bridgehead atoms. The monoisotopic (exact) mass is 627 g/mol. The number of thiophene rings is 1. The van der Waals surface area contributed by atoms with Gasteiger partial charge in [-0.25, -0.2) is 9.97 Å². The zero-order valence-electron chi connectivity index (χ0n) is 25.7. The molecule has 4 heteroatoms. The van der Waals surface area contributed by atoms with Crippen molar-refractivity contribution in [3.8, 4) is 50.7 Å². The van der Waals surface area contributed by atoms with E-state index in [9.17, 15) is 0 Å². The third kappa shape index (κ3) is 3.52. The van der Waals surface area contributed by atoms with Crippen LogP contribution in [0.3, 0.4) is 0 Å². The Morgan fingerprint density at radius 1 is 0.438 bits per heavy atom. The van der Waals surface area contributed by atoms with Crippen molar-refractivity contribution in [3.05, 3.63) is 152 Å². The second kappa shape index (κ2) is 9.71. The van der Waals surface area contributed by atoms with Crippen LogP contribution in [0, 0.1) is 0 Å². The molecule has 0 atom stereocenters. The molecule has 0 radical (unpaired) electrons. The Labute approximate surface area is 280 Å². The molecular formula is C44H25N3S. The SMILES string of the molecule is c1ccc(-c2cc(-c3ccccc3)nc(-n3c4cc5sc6ccccc6c5c5c4c4c6c(cccc6ccc43)-c3ccccc3-5)n2)cc1. The van der Waals surface area contributed by atoms with Crippen LogP contribution in [0.15, 0.2) is 152 Å². The highest BCUT2D eigenvalue weighted by Crippen LogP contribution is 2.54. The molecule has 3 aromatic heterocycles. The lowest BCUT2D eigenvalue weighted by Gasteiger charge is -2.15. The highest BCUT2D eigenvalue weighted by Gasteiger charge is 2.28. The molecule has 0 fully saturated rings. The van der Waals surface area contributed by atoms with Gasteiger partial charge in [0.15, 0.2) is 0 Å². The summed E-state index contributed by atoms with van der Waals surface area (Å²) >= 11 is 1.86. The van der Waals surface area contributed by atoms with Crippen molar-refractivity contribution in [2.24, 2.45) is 0 Å². The van der Waals surface area contributed by atoms with Crippen molar-refractivity contribution in [2.75, 3.05) is 0 Å². The summed E-state index contributed by atoms with van der Waals surface area (Å²) in [6.45, 7) is 0. The molecule has 0 spiro atoms. The van der Waals surface area contributed by atoms with Crippen molar-refractivity contribution in [2.45, 2.75) is 0 Å². The molecular weight excluding hydrogens is 603 g/mol. The van der Waals surface area contributed by atoms with Crippen LogP contribution in [0.25, 0.3) is 103 Å². The third-order valence-electron chi connectivity index (χ3n) is 9.94. The van der Waals surface area contributed by atoms with Crippen molar-refractivity contribution < 1.29 is 0 Å². The van der Waals surface area contributed by atoms with E-state index in [0.717, 1.165) is 33.5 Å². The van der Waals surface area contributed by atoms with Gasteiger partial charge in [-0.3, -0.25) is 4.57 Å². The number of nitrogens with zero attached hydrogens (tertiary/aromatic N) is 3. The predicted octanol–water partition coefficient (Wildman–Crippen LogP) is 12.1. The van der Waals surface area contributed by atoms with Crippen LogP contribution in [0.4, 0.5) is 0 Å². The van der Waals surface area contributed by atoms with Crippen LogP contribution in [0.2, 0.25) is 0 Å². The number of rotatable bonds is 3. The average Bonchev–Trinajstić information content (AvgIpc) is 3.65. The maximum atomic E-state index is 5.34. The topological polar surface area (TPSA) is 30.7 Å². The van der Waals surface area contributed by atoms with E-state index in [2.05, 4.69) is 144 Å².